The molecule has 17 heavy (non-hydrogen) atoms. The number of hydrogen-bond donors (Lipinski definition) is 1. The number of rotatable bonds is 6. The minimum atomic E-state index is -0.236. The van der Waals surface area contributed by atoms with Gasteiger partial charge in [0.15, 0.2) is 0 Å². The Morgan fingerprint density at radius 2 is 2.12 bits per heavy atom. The molecule has 0 heterocycles. The number of amides is 1. The molecule has 0 fully saturated rings. The first-order valence-electron chi connectivity index (χ1n) is 5.50. The van der Waals surface area contributed by atoms with Gasteiger partial charge in [0.2, 0.25) is 5.91 Å². The Bertz CT molecular complexity index is 376. The van der Waals surface area contributed by atoms with E-state index in [1.165, 1.54) is 18.2 Å². The van der Waals surface area contributed by atoms with E-state index in [1.54, 1.807) is 12.1 Å². The molecule has 0 bridgehead atoms. The number of benzene rings is 1. The highest BCUT2D eigenvalue weighted by Gasteiger charge is 2.01. The molecule has 0 aliphatic rings. The van der Waals surface area contributed by atoms with Crippen LogP contribution < -0.4 is 10.2 Å². The van der Waals surface area contributed by atoms with Crippen molar-refractivity contribution >= 4 is 11.6 Å². The quantitative estimate of drug-likeness (QED) is 0.605. The van der Waals surface area contributed by atoms with Gasteiger partial charge in [-0.1, -0.05) is 6.58 Å². The summed E-state index contributed by atoms with van der Waals surface area (Å²) in [6.45, 7) is 4.77. The van der Waals surface area contributed by atoms with Crippen molar-refractivity contribution < 1.29 is 9.18 Å². The maximum absolute atomic E-state index is 12.7. The summed E-state index contributed by atoms with van der Waals surface area (Å²) in [5, 5.41) is 2.70. The topological polar surface area (TPSA) is 32.3 Å². The summed E-state index contributed by atoms with van der Waals surface area (Å²) in [5.41, 5.74) is 0.960. The highest BCUT2D eigenvalue weighted by molar-refractivity contribution is 5.86. The largest absolute Gasteiger partial charge is 0.375 e. The van der Waals surface area contributed by atoms with Crippen molar-refractivity contribution in [3.8, 4) is 0 Å². The van der Waals surface area contributed by atoms with E-state index in [2.05, 4.69) is 11.9 Å². The van der Waals surface area contributed by atoms with Crippen LogP contribution in [0.5, 0.6) is 0 Å². The van der Waals surface area contributed by atoms with Gasteiger partial charge in [-0.25, -0.2) is 4.39 Å². The lowest BCUT2D eigenvalue weighted by Crippen LogP contribution is -2.26. The Hall–Kier alpha value is -1.84. The number of nitrogens with one attached hydrogen (secondary N) is 1. The molecule has 0 saturated heterocycles. The predicted molar refractivity (Wildman–Crippen MR) is 67.5 cm³/mol. The zero-order valence-corrected chi connectivity index (χ0v) is 9.95. The molecule has 1 aromatic rings. The van der Waals surface area contributed by atoms with Crippen molar-refractivity contribution in [3.05, 3.63) is 42.7 Å². The van der Waals surface area contributed by atoms with Gasteiger partial charge in [0.25, 0.3) is 0 Å². The summed E-state index contributed by atoms with van der Waals surface area (Å²) in [6, 6.07) is 6.34. The number of halogens is 1. The lowest BCUT2D eigenvalue weighted by molar-refractivity contribution is -0.116. The second-order valence-electron chi connectivity index (χ2n) is 3.75. The van der Waals surface area contributed by atoms with Crippen LogP contribution in [0.3, 0.4) is 0 Å². The lowest BCUT2D eigenvalue weighted by atomic mass is 10.2. The van der Waals surface area contributed by atoms with Gasteiger partial charge in [-0.2, -0.15) is 0 Å². The van der Waals surface area contributed by atoms with Gasteiger partial charge in [-0.15, -0.1) is 0 Å². The molecule has 0 aromatic heterocycles. The molecule has 0 aliphatic heterocycles. The van der Waals surface area contributed by atoms with Crippen LogP contribution in [-0.2, 0) is 4.79 Å². The van der Waals surface area contributed by atoms with Crippen molar-refractivity contribution in [2.75, 3.05) is 25.0 Å². The summed E-state index contributed by atoms with van der Waals surface area (Å²) in [5.74, 6) is -0.394. The van der Waals surface area contributed by atoms with Gasteiger partial charge in [0, 0.05) is 25.8 Å². The first-order chi connectivity index (χ1) is 8.13. The molecule has 0 unspecified atom stereocenters. The molecule has 1 N–H and O–H groups in total. The summed E-state index contributed by atoms with van der Waals surface area (Å²) < 4.78 is 12.7. The zero-order valence-electron chi connectivity index (χ0n) is 9.95. The summed E-state index contributed by atoms with van der Waals surface area (Å²) in [7, 11) is 1.93. The van der Waals surface area contributed by atoms with E-state index in [9.17, 15) is 9.18 Å². The van der Waals surface area contributed by atoms with Crippen LogP contribution in [0.15, 0.2) is 36.9 Å². The van der Waals surface area contributed by atoms with E-state index in [4.69, 9.17) is 0 Å². The molecule has 1 amide bonds. The van der Waals surface area contributed by atoms with Gasteiger partial charge >= 0.3 is 0 Å². The molecule has 1 aromatic carbocycles. The Morgan fingerprint density at radius 3 is 2.71 bits per heavy atom. The molecular weight excluding hydrogens is 219 g/mol. The fraction of sp³-hybridized carbons (Fsp3) is 0.308. The highest BCUT2D eigenvalue weighted by Crippen LogP contribution is 2.12. The summed E-state index contributed by atoms with van der Waals surface area (Å²) in [4.78, 5) is 12.9. The second-order valence-corrected chi connectivity index (χ2v) is 3.75. The number of carbonyl (C=O) groups excluding carboxylic acids is 1. The van der Waals surface area contributed by atoms with Crippen LogP contribution in [0, 0.1) is 5.82 Å². The van der Waals surface area contributed by atoms with E-state index in [-0.39, 0.29) is 11.7 Å². The molecule has 0 spiro atoms. The van der Waals surface area contributed by atoms with Crippen molar-refractivity contribution in [2.24, 2.45) is 0 Å². The summed E-state index contributed by atoms with van der Waals surface area (Å²) in [6.07, 6.45) is 2.08. The van der Waals surface area contributed by atoms with Gasteiger partial charge in [-0.3, -0.25) is 4.79 Å². The molecule has 1 rings (SSSR count). The van der Waals surface area contributed by atoms with Crippen molar-refractivity contribution in [3.63, 3.8) is 0 Å². The fourth-order valence-electron chi connectivity index (χ4n) is 1.42. The van der Waals surface area contributed by atoms with E-state index in [0.29, 0.717) is 6.54 Å². The Balaban J connectivity index is 2.30. The van der Waals surface area contributed by atoms with Gasteiger partial charge in [0.05, 0.1) is 0 Å². The molecule has 0 atom stereocenters. The molecule has 3 nitrogen and oxygen atoms in total. The van der Waals surface area contributed by atoms with Crippen LogP contribution in [0.25, 0.3) is 0 Å². The van der Waals surface area contributed by atoms with Crippen LogP contribution in [0.4, 0.5) is 10.1 Å². The number of anilines is 1. The van der Waals surface area contributed by atoms with Crippen LogP contribution in [-0.4, -0.2) is 26.0 Å². The minimum Gasteiger partial charge on any atom is -0.375 e. The van der Waals surface area contributed by atoms with Crippen LogP contribution in [0.1, 0.15) is 6.42 Å². The van der Waals surface area contributed by atoms with E-state index >= 15 is 0 Å². The van der Waals surface area contributed by atoms with Crippen molar-refractivity contribution in [2.45, 2.75) is 6.42 Å². The number of nitrogens with zero attached hydrogens (tertiary/aromatic N) is 1. The smallest absolute Gasteiger partial charge is 0.243 e. The zero-order chi connectivity index (χ0) is 12.7. The Labute approximate surface area is 101 Å². The van der Waals surface area contributed by atoms with Crippen LogP contribution >= 0.6 is 0 Å². The number of carbonyl (C=O) groups is 1. The lowest BCUT2D eigenvalue weighted by Gasteiger charge is -2.19. The second kappa shape index (κ2) is 6.68. The molecular formula is C13H17FN2O. The maximum atomic E-state index is 12.7. The van der Waals surface area contributed by atoms with Gasteiger partial charge < -0.3 is 10.2 Å². The van der Waals surface area contributed by atoms with Gasteiger partial charge in [0.1, 0.15) is 5.82 Å². The van der Waals surface area contributed by atoms with E-state index in [1.807, 2.05) is 11.9 Å². The summed E-state index contributed by atoms with van der Waals surface area (Å²) >= 11 is 0. The highest BCUT2D eigenvalue weighted by atomic mass is 19.1. The average molecular weight is 236 g/mol. The molecule has 4 heteroatoms. The third-order valence-electron chi connectivity index (χ3n) is 2.42. The number of hydrogen-bond acceptors (Lipinski definition) is 2. The van der Waals surface area contributed by atoms with Crippen molar-refractivity contribution in [1.29, 1.82) is 0 Å². The molecule has 0 saturated carbocycles. The molecule has 92 valence electrons. The van der Waals surface area contributed by atoms with E-state index in [0.717, 1.165) is 18.7 Å². The van der Waals surface area contributed by atoms with Gasteiger partial charge in [-0.05, 0) is 36.8 Å². The van der Waals surface area contributed by atoms with Crippen molar-refractivity contribution in [1.82, 2.24) is 5.32 Å². The first kappa shape index (κ1) is 13.2. The fourth-order valence-corrected chi connectivity index (χ4v) is 1.42. The maximum Gasteiger partial charge on any atom is 0.243 e. The minimum absolute atomic E-state index is 0.158. The third kappa shape index (κ3) is 4.68. The normalized spacial score (nSPS) is 9.76. The van der Waals surface area contributed by atoms with Crippen LogP contribution in [0.2, 0.25) is 0 Å². The monoisotopic (exact) mass is 236 g/mol. The predicted octanol–water partition coefficient (Wildman–Crippen LogP) is 1.95. The molecule has 0 aliphatic carbocycles. The Morgan fingerprint density at radius 1 is 1.47 bits per heavy atom. The Kier molecular flexibility index (Phi) is 5.20. The van der Waals surface area contributed by atoms with E-state index < -0.39 is 0 Å². The third-order valence-corrected chi connectivity index (χ3v) is 2.42. The standard InChI is InChI=1S/C13H17FN2O/c1-3-13(17)15-9-4-10-16(2)12-7-5-11(14)6-8-12/h3,5-8H,1,4,9-10H2,2H3,(H,15,17). The average Bonchev–Trinajstić information content (AvgIpc) is 2.34. The SMILES string of the molecule is C=CC(=O)NCCCN(C)c1ccc(F)cc1. The molecule has 0 radical (unpaired) electrons. The first-order valence-corrected chi connectivity index (χ1v) is 5.50.